The molecule has 0 bridgehead atoms. The molecule has 0 N–H and O–H groups in total. The van der Waals surface area contributed by atoms with E-state index in [9.17, 15) is 13.6 Å². The molecule has 4 rings (SSSR count). The first-order valence-corrected chi connectivity index (χ1v) is 9.27. The largest absolute Gasteiger partial charge is 0.349 e. The summed E-state index contributed by atoms with van der Waals surface area (Å²) in [5.41, 5.74) is -0.424. The van der Waals surface area contributed by atoms with Crippen LogP contribution in [0.15, 0.2) is 9.69 Å². The molecule has 0 saturated carbocycles. The van der Waals surface area contributed by atoms with E-state index in [1.165, 1.54) is 30.3 Å². The topological polar surface area (TPSA) is 41.4 Å². The Morgan fingerprint density at radius 3 is 2.64 bits per heavy atom. The second-order valence-electron chi connectivity index (χ2n) is 6.99. The number of nitrogens with zero attached hydrogens (tertiary/aromatic N) is 4. The number of halogens is 2. The predicted molar refractivity (Wildman–Crippen MR) is 95.6 cm³/mol. The van der Waals surface area contributed by atoms with Gasteiger partial charge in [0.05, 0.1) is 21.8 Å². The molecule has 25 heavy (non-hydrogen) atoms. The fourth-order valence-corrected chi connectivity index (χ4v) is 4.98. The van der Waals surface area contributed by atoms with Gasteiger partial charge in [-0.1, -0.05) is 0 Å². The van der Waals surface area contributed by atoms with Gasteiger partial charge in [-0.2, -0.15) is 4.98 Å². The van der Waals surface area contributed by atoms with Gasteiger partial charge in [0, 0.05) is 37.5 Å². The number of aryl methyl sites for hydroxylation is 1. The SMILES string of the molecule is Cc1c(F)c2c3c(nc(=O)n(C)c3c1F)N1CC(C)N(C)CC1CS2. The minimum absolute atomic E-state index is 0.0486. The average molecular weight is 366 g/mol. The molecular formula is C17H20F2N4OS. The predicted octanol–water partition coefficient (Wildman–Crippen LogP) is 2.13. The summed E-state index contributed by atoms with van der Waals surface area (Å²) in [4.78, 5) is 21.3. The molecule has 2 atom stereocenters. The summed E-state index contributed by atoms with van der Waals surface area (Å²) in [5, 5.41) is 0.423. The smallest absolute Gasteiger partial charge is 0.349 e. The Morgan fingerprint density at radius 1 is 1.20 bits per heavy atom. The monoisotopic (exact) mass is 366 g/mol. The Hall–Kier alpha value is -1.67. The lowest BCUT2D eigenvalue weighted by Crippen LogP contribution is -2.57. The van der Waals surface area contributed by atoms with Crippen LogP contribution in [0, 0.1) is 18.6 Å². The van der Waals surface area contributed by atoms with E-state index >= 15 is 0 Å². The van der Waals surface area contributed by atoms with E-state index in [0.717, 1.165) is 6.54 Å². The van der Waals surface area contributed by atoms with Crippen LogP contribution < -0.4 is 10.6 Å². The number of rotatable bonds is 0. The van der Waals surface area contributed by atoms with Gasteiger partial charge < -0.3 is 4.90 Å². The summed E-state index contributed by atoms with van der Waals surface area (Å²) in [6.45, 7) is 4.99. The van der Waals surface area contributed by atoms with Crippen LogP contribution in [0.2, 0.25) is 0 Å². The van der Waals surface area contributed by atoms with Crippen molar-refractivity contribution in [1.29, 1.82) is 0 Å². The van der Waals surface area contributed by atoms with Crippen molar-refractivity contribution in [2.24, 2.45) is 7.05 Å². The molecule has 1 aromatic carbocycles. The van der Waals surface area contributed by atoms with E-state index in [4.69, 9.17) is 0 Å². The third-order valence-corrected chi connectivity index (χ3v) is 6.65. The lowest BCUT2D eigenvalue weighted by molar-refractivity contribution is 0.207. The maximum atomic E-state index is 14.9. The van der Waals surface area contributed by atoms with Crippen LogP contribution in [0.1, 0.15) is 12.5 Å². The van der Waals surface area contributed by atoms with Gasteiger partial charge in [0.15, 0.2) is 5.82 Å². The minimum atomic E-state index is -0.680. The van der Waals surface area contributed by atoms with Crippen molar-refractivity contribution in [3.63, 3.8) is 0 Å². The van der Waals surface area contributed by atoms with Gasteiger partial charge >= 0.3 is 5.69 Å². The Balaban J connectivity index is 2.09. The summed E-state index contributed by atoms with van der Waals surface area (Å²) in [7, 11) is 3.54. The highest BCUT2D eigenvalue weighted by Gasteiger charge is 2.36. The number of thioether (sulfide) groups is 1. The van der Waals surface area contributed by atoms with Crippen LogP contribution >= 0.6 is 11.8 Å². The molecule has 5 nitrogen and oxygen atoms in total. The maximum Gasteiger partial charge on any atom is 0.349 e. The summed E-state index contributed by atoms with van der Waals surface area (Å²) < 4.78 is 30.9. The maximum absolute atomic E-state index is 14.9. The Bertz CT molecular complexity index is 945. The van der Waals surface area contributed by atoms with Gasteiger partial charge in [0.1, 0.15) is 11.6 Å². The third kappa shape index (κ3) is 2.30. The molecule has 8 heteroatoms. The quantitative estimate of drug-likeness (QED) is 0.715. The van der Waals surface area contributed by atoms with Crippen molar-refractivity contribution in [1.82, 2.24) is 14.5 Å². The van der Waals surface area contributed by atoms with Gasteiger partial charge in [0.25, 0.3) is 0 Å². The number of benzene rings is 1. The van der Waals surface area contributed by atoms with Crippen LogP contribution in [-0.4, -0.2) is 52.4 Å². The molecule has 1 fully saturated rings. The number of hydrogen-bond acceptors (Lipinski definition) is 5. The number of piperazine rings is 1. The van der Waals surface area contributed by atoms with E-state index in [1.54, 1.807) is 0 Å². The molecular weight excluding hydrogens is 346 g/mol. The standard InChI is InChI=1S/C17H20F2N4OS/c1-8-5-23-10(6-21(8)3)7-25-15-11-14(12(18)9(2)13(15)19)22(4)17(24)20-16(11)23/h8,10H,5-7H2,1-4H3. The zero-order valence-corrected chi connectivity index (χ0v) is 15.5. The van der Waals surface area contributed by atoms with Crippen LogP contribution in [0.5, 0.6) is 0 Å². The molecule has 0 aliphatic carbocycles. The van der Waals surface area contributed by atoms with Crippen LogP contribution in [0.3, 0.4) is 0 Å². The van der Waals surface area contributed by atoms with Crippen molar-refractivity contribution in [3.8, 4) is 0 Å². The second-order valence-corrected chi connectivity index (χ2v) is 8.02. The fourth-order valence-electron chi connectivity index (χ4n) is 3.72. The van der Waals surface area contributed by atoms with Gasteiger partial charge in [-0.25, -0.2) is 13.6 Å². The summed E-state index contributed by atoms with van der Waals surface area (Å²) >= 11 is 1.39. The first kappa shape index (κ1) is 16.8. The Labute approximate surface area is 148 Å². The highest BCUT2D eigenvalue weighted by molar-refractivity contribution is 7.99. The Morgan fingerprint density at radius 2 is 1.92 bits per heavy atom. The molecule has 1 saturated heterocycles. The second kappa shape index (κ2) is 5.67. The number of hydrogen-bond donors (Lipinski definition) is 0. The number of aromatic nitrogens is 2. The molecule has 0 radical (unpaired) electrons. The first-order valence-electron chi connectivity index (χ1n) is 8.29. The Kier molecular flexibility index (Phi) is 3.81. The summed E-state index contributed by atoms with van der Waals surface area (Å²) in [5.74, 6) is -0.137. The third-order valence-electron chi connectivity index (χ3n) is 5.42. The first-order chi connectivity index (χ1) is 11.8. The van der Waals surface area contributed by atoms with E-state index < -0.39 is 17.3 Å². The minimum Gasteiger partial charge on any atom is -0.349 e. The highest BCUT2D eigenvalue weighted by Crippen LogP contribution is 2.42. The fraction of sp³-hybridized carbons (Fsp3) is 0.529. The van der Waals surface area contributed by atoms with Crippen molar-refractivity contribution in [2.75, 3.05) is 30.8 Å². The summed E-state index contributed by atoms with van der Waals surface area (Å²) in [6.07, 6.45) is 0. The van der Waals surface area contributed by atoms with Crippen molar-refractivity contribution in [2.45, 2.75) is 30.8 Å². The van der Waals surface area contributed by atoms with E-state index in [0.29, 0.717) is 28.4 Å². The van der Waals surface area contributed by atoms with Crippen molar-refractivity contribution >= 4 is 28.5 Å². The average Bonchev–Trinajstić information content (AvgIpc) is 2.71. The summed E-state index contributed by atoms with van der Waals surface area (Å²) in [6, 6.07) is 0.369. The van der Waals surface area contributed by atoms with Gasteiger partial charge in [-0.3, -0.25) is 9.47 Å². The van der Waals surface area contributed by atoms with E-state index in [-0.39, 0.29) is 23.2 Å². The number of anilines is 1. The molecule has 3 heterocycles. The van der Waals surface area contributed by atoms with Gasteiger partial charge in [0.2, 0.25) is 0 Å². The molecule has 0 amide bonds. The van der Waals surface area contributed by atoms with E-state index in [2.05, 4.69) is 28.8 Å². The molecule has 1 aromatic heterocycles. The molecule has 2 aromatic rings. The van der Waals surface area contributed by atoms with Crippen LogP contribution in [0.25, 0.3) is 10.9 Å². The number of likely N-dealkylation sites (N-methyl/N-ethyl adjacent to an activating group) is 1. The highest BCUT2D eigenvalue weighted by atomic mass is 32.2. The van der Waals surface area contributed by atoms with E-state index in [1.807, 2.05) is 0 Å². The van der Waals surface area contributed by atoms with Crippen molar-refractivity contribution < 1.29 is 8.78 Å². The van der Waals surface area contributed by atoms with Gasteiger partial charge in [-0.05, 0) is 20.9 Å². The lowest BCUT2D eigenvalue weighted by Gasteiger charge is -2.43. The van der Waals surface area contributed by atoms with Crippen LogP contribution in [-0.2, 0) is 7.05 Å². The molecule has 2 aliphatic heterocycles. The number of fused-ring (bicyclic) bond motifs is 2. The molecule has 134 valence electrons. The normalized spacial score (nSPS) is 23.7. The lowest BCUT2D eigenvalue weighted by atomic mass is 10.1. The zero-order chi connectivity index (χ0) is 18.0. The van der Waals surface area contributed by atoms with Crippen molar-refractivity contribution in [3.05, 3.63) is 27.7 Å². The van der Waals surface area contributed by atoms with Crippen LogP contribution in [0.4, 0.5) is 14.6 Å². The molecule has 2 unspecified atom stereocenters. The molecule has 0 spiro atoms. The molecule has 2 aliphatic rings. The van der Waals surface area contributed by atoms with Gasteiger partial charge in [-0.15, -0.1) is 11.8 Å². The zero-order valence-electron chi connectivity index (χ0n) is 14.6.